The van der Waals surface area contributed by atoms with Crippen molar-refractivity contribution in [2.24, 2.45) is 5.92 Å². The Balaban J connectivity index is 1.35. The summed E-state index contributed by atoms with van der Waals surface area (Å²) >= 11 is 0. The van der Waals surface area contributed by atoms with Gasteiger partial charge in [0.25, 0.3) is 0 Å². The van der Waals surface area contributed by atoms with Crippen LogP contribution in [0.15, 0.2) is 24.3 Å². The Bertz CT molecular complexity index is 723. The first kappa shape index (κ1) is 21.3. The molecular formula is C22H30FN3O3. The van der Waals surface area contributed by atoms with Gasteiger partial charge >= 0.3 is 0 Å². The first-order valence-corrected chi connectivity index (χ1v) is 10.6. The summed E-state index contributed by atoms with van der Waals surface area (Å²) in [6, 6.07) is 6.41. The molecule has 2 heterocycles. The van der Waals surface area contributed by atoms with Crippen molar-refractivity contribution < 1.29 is 18.8 Å². The van der Waals surface area contributed by atoms with E-state index in [1.165, 1.54) is 12.1 Å². The molecule has 158 valence electrons. The van der Waals surface area contributed by atoms with Crippen molar-refractivity contribution in [2.75, 3.05) is 32.7 Å². The summed E-state index contributed by atoms with van der Waals surface area (Å²) < 4.78 is 12.9. The summed E-state index contributed by atoms with van der Waals surface area (Å²) in [7, 11) is 0. The number of benzene rings is 1. The molecule has 1 aromatic rings. The number of carbonyl (C=O) groups is 3. The minimum Gasteiger partial charge on any atom is -0.356 e. The number of nitrogens with zero attached hydrogens (tertiary/aromatic N) is 2. The minimum atomic E-state index is -0.245. The Labute approximate surface area is 171 Å². The molecule has 1 N–H and O–H groups in total. The van der Waals surface area contributed by atoms with E-state index in [2.05, 4.69) is 5.32 Å². The van der Waals surface area contributed by atoms with Crippen molar-refractivity contribution in [1.29, 1.82) is 0 Å². The van der Waals surface area contributed by atoms with Crippen LogP contribution >= 0.6 is 0 Å². The van der Waals surface area contributed by atoms with Gasteiger partial charge in [-0.3, -0.25) is 14.4 Å². The van der Waals surface area contributed by atoms with Crippen LogP contribution in [-0.2, 0) is 20.8 Å². The molecule has 1 atom stereocenters. The third-order valence-corrected chi connectivity index (χ3v) is 5.75. The lowest BCUT2D eigenvalue weighted by molar-refractivity contribution is -0.138. The molecule has 3 rings (SSSR count). The Morgan fingerprint density at radius 2 is 1.76 bits per heavy atom. The van der Waals surface area contributed by atoms with Crippen LogP contribution in [0.25, 0.3) is 0 Å². The lowest BCUT2D eigenvalue weighted by Gasteiger charge is -2.32. The molecule has 0 aromatic heterocycles. The highest BCUT2D eigenvalue weighted by Gasteiger charge is 2.30. The quantitative estimate of drug-likeness (QED) is 0.642. The minimum absolute atomic E-state index is 0.00340. The van der Waals surface area contributed by atoms with Gasteiger partial charge in [-0.1, -0.05) is 12.1 Å². The van der Waals surface area contributed by atoms with E-state index in [1.54, 1.807) is 17.0 Å². The van der Waals surface area contributed by atoms with E-state index in [4.69, 9.17) is 0 Å². The lowest BCUT2D eigenvalue weighted by atomic mass is 9.96. The number of nitrogens with one attached hydrogen (secondary N) is 1. The lowest BCUT2D eigenvalue weighted by Crippen LogP contribution is -2.46. The van der Waals surface area contributed by atoms with Gasteiger partial charge in [0.1, 0.15) is 5.82 Å². The van der Waals surface area contributed by atoms with Crippen molar-refractivity contribution in [1.82, 2.24) is 15.1 Å². The first-order chi connectivity index (χ1) is 14.0. The smallest absolute Gasteiger partial charge is 0.224 e. The molecule has 0 bridgehead atoms. The zero-order valence-corrected chi connectivity index (χ0v) is 16.9. The molecule has 6 nitrogen and oxygen atoms in total. The largest absolute Gasteiger partial charge is 0.356 e. The standard InChI is InChI=1S/C22H30FN3O3/c23-19-9-6-17(7-10-19)4-1-12-24-22(29)18-8-11-21(28)26(16-18)15-3-14-25-13-2-5-20(25)27/h6-7,9-10,18H,1-5,8,11-16H2,(H,24,29)/t18-/m0/s1. The molecule has 0 aliphatic carbocycles. The zero-order valence-electron chi connectivity index (χ0n) is 16.9. The van der Waals surface area contributed by atoms with Gasteiger partial charge in [-0.2, -0.15) is 0 Å². The molecule has 7 heteroatoms. The molecule has 2 fully saturated rings. The number of hydrogen-bond donors (Lipinski definition) is 1. The molecule has 0 radical (unpaired) electrons. The predicted octanol–water partition coefficient (Wildman–Crippen LogP) is 2.13. The Kier molecular flexibility index (Phi) is 7.61. The monoisotopic (exact) mass is 403 g/mol. The average Bonchev–Trinajstić information content (AvgIpc) is 3.12. The molecule has 0 unspecified atom stereocenters. The molecule has 2 aliphatic rings. The summed E-state index contributed by atoms with van der Waals surface area (Å²) in [6.07, 6.45) is 4.86. The third kappa shape index (κ3) is 6.27. The average molecular weight is 403 g/mol. The Morgan fingerprint density at radius 1 is 1.03 bits per heavy atom. The third-order valence-electron chi connectivity index (χ3n) is 5.75. The second-order valence-corrected chi connectivity index (χ2v) is 7.93. The topological polar surface area (TPSA) is 69.7 Å². The zero-order chi connectivity index (χ0) is 20.6. The van der Waals surface area contributed by atoms with Gasteiger partial charge < -0.3 is 15.1 Å². The van der Waals surface area contributed by atoms with Gasteiger partial charge in [-0.25, -0.2) is 4.39 Å². The highest BCUT2D eigenvalue weighted by molar-refractivity contribution is 5.83. The highest BCUT2D eigenvalue weighted by atomic mass is 19.1. The van der Waals surface area contributed by atoms with Gasteiger partial charge in [-0.05, 0) is 49.8 Å². The van der Waals surface area contributed by atoms with E-state index in [9.17, 15) is 18.8 Å². The van der Waals surface area contributed by atoms with Crippen LogP contribution in [0.1, 0.15) is 44.1 Å². The van der Waals surface area contributed by atoms with Crippen LogP contribution in [0.2, 0.25) is 0 Å². The predicted molar refractivity (Wildman–Crippen MR) is 107 cm³/mol. The van der Waals surface area contributed by atoms with Crippen LogP contribution < -0.4 is 5.32 Å². The van der Waals surface area contributed by atoms with Crippen LogP contribution in [0.5, 0.6) is 0 Å². The molecule has 2 saturated heterocycles. The molecular weight excluding hydrogens is 373 g/mol. The maximum atomic E-state index is 12.9. The SMILES string of the molecule is O=C(NCCCc1ccc(F)cc1)[C@H]1CCC(=O)N(CCCN2CCCC2=O)C1. The van der Waals surface area contributed by atoms with Crippen molar-refractivity contribution >= 4 is 17.7 Å². The first-order valence-electron chi connectivity index (χ1n) is 10.6. The van der Waals surface area contributed by atoms with Crippen molar-refractivity contribution in [3.63, 3.8) is 0 Å². The molecule has 29 heavy (non-hydrogen) atoms. The number of piperidine rings is 1. The van der Waals surface area contributed by atoms with Gasteiger partial charge in [0.2, 0.25) is 17.7 Å². The van der Waals surface area contributed by atoms with Crippen LogP contribution in [0.4, 0.5) is 4.39 Å². The molecule has 0 spiro atoms. The van der Waals surface area contributed by atoms with Gasteiger partial charge in [0.15, 0.2) is 0 Å². The van der Waals surface area contributed by atoms with Crippen LogP contribution in [-0.4, -0.2) is 60.2 Å². The number of halogens is 1. The van der Waals surface area contributed by atoms with Crippen molar-refractivity contribution in [2.45, 2.75) is 44.9 Å². The number of aryl methyl sites for hydroxylation is 1. The van der Waals surface area contributed by atoms with E-state index in [-0.39, 0.29) is 29.5 Å². The maximum absolute atomic E-state index is 12.9. The summed E-state index contributed by atoms with van der Waals surface area (Å²) in [4.78, 5) is 40.0. The molecule has 3 amide bonds. The maximum Gasteiger partial charge on any atom is 0.224 e. The normalized spacial score (nSPS) is 19.7. The summed E-state index contributed by atoms with van der Waals surface area (Å²) in [5.41, 5.74) is 1.05. The number of rotatable bonds is 9. The van der Waals surface area contributed by atoms with Gasteiger partial charge in [0.05, 0.1) is 5.92 Å². The van der Waals surface area contributed by atoms with Crippen LogP contribution in [0.3, 0.4) is 0 Å². The fourth-order valence-electron chi connectivity index (χ4n) is 4.04. The Hall–Kier alpha value is -2.44. The van der Waals surface area contributed by atoms with E-state index < -0.39 is 0 Å². The summed E-state index contributed by atoms with van der Waals surface area (Å²) in [6.45, 7) is 3.11. The van der Waals surface area contributed by atoms with Gasteiger partial charge in [-0.15, -0.1) is 0 Å². The number of amides is 3. The van der Waals surface area contributed by atoms with E-state index in [0.717, 1.165) is 37.8 Å². The van der Waals surface area contributed by atoms with Crippen molar-refractivity contribution in [3.8, 4) is 0 Å². The number of carbonyl (C=O) groups excluding carboxylic acids is 3. The fourth-order valence-corrected chi connectivity index (χ4v) is 4.04. The highest BCUT2D eigenvalue weighted by Crippen LogP contribution is 2.19. The second kappa shape index (κ2) is 10.4. The number of hydrogen-bond acceptors (Lipinski definition) is 3. The second-order valence-electron chi connectivity index (χ2n) is 7.93. The van der Waals surface area contributed by atoms with Crippen LogP contribution in [0, 0.1) is 11.7 Å². The molecule has 1 aromatic carbocycles. The fraction of sp³-hybridized carbons (Fsp3) is 0.591. The van der Waals surface area contributed by atoms with Crippen molar-refractivity contribution in [3.05, 3.63) is 35.6 Å². The van der Waals surface area contributed by atoms with E-state index in [0.29, 0.717) is 45.4 Å². The summed E-state index contributed by atoms with van der Waals surface area (Å²) in [5, 5.41) is 2.97. The molecule has 0 saturated carbocycles. The Morgan fingerprint density at radius 3 is 2.48 bits per heavy atom. The molecule has 2 aliphatic heterocycles. The van der Waals surface area contributed by atoms with E-state index >= 15 is 0 Å². The number of likely N-dealkylation sites (tertiary alicyclic amines) is 2. The van der Waals surface area contributed by atoms with E-state index in [1.807, 2.05) is 4.90 Å². The van der Waals surface area contributed by atoms with Gasteiger partial charge in [0, 0.05) is 45.6 Å². The summed E-state index contributed by atoms with van der Waals surface area (Å²) in [5.74, 6) is -0.125.